The second kappa shape index (κ2) is 5.55. The highest BCUT2D eigenvalue weighted by atomic mass is 35.5. The molecule has 0 unspecified atom stereocenters. The zero-order valence-electron chi connectivity index (χ0n) is 9.04. The maximum Gasteiger partial charge on any atom is 0.195 e. The first-order valence-electron chi connectivity index (χ1n) is 5.90. The molecule has 1 aliphatic carbocycles. The molecule has 0 saturated heterocycles. The second-order valence-corrected chi connectivity index (χ2v) is 4.66. The molecule has 1 aromatic rings. The Bertz CT molecular complexity index is 290. The molecule has 0 N–H and O–H groups in total. The van der Waals surface area contributed by atoms with Gasteiger partial charge in [0.05, 0.1) is 6.20 Å². The SMILES string of the molecule is ClCCc1ncc(C2CCCCCC2)o1. The van der Waals surface area contributed by atoms with Gasteiger partial charge in [-0.05, 0) is 12.8 Å². The van der Waals surface area contributed by atoms with Crippen LogP contribution in [0.1, 0.15) is 56.1 Å². The minimum absolute atomic E-state index is 0.588. The molecule has 15 heavy (non-hydrogen) atoms. The highest BCUT2D eigenvalue weighted by Crippen LogP contribution is 2.31. The number of hydrogen-bond acceptors (Lipinski definition) is 2. The van der Waals surface area contributed by atoms with Crippen LogP contribution in [0.5, 0.6) is 0 Å². The fraction of sp³-hybridized carbons (Fsp3) is 0.750. The largest absolute Gasteiger partial charge is 0.445 e. The third-order valence-electron chi connectivity index (χ3n) is 3.14. The van der Waals surface area contributed by atoms with Crippen LogP contribution in [0, 0.1) is 0 Å². The smallest absolute Gasteiger partial charge is 0.195 e. The Morgan fingerprint density at radius 1 is 1.27 bits per heavy atom. The molecule has 0 amide bonds. The van der Waals surface area contributed by atoms with Gasteiger partial charge in [0.25, 0.3) is 0 Å². The molecule has 1 heterocycles. The second-order valence-electron chi connectivity index (χ2n) is 4.28. The fourth-order valence-electron chi connectivity index (χ4n) is 2.27. The van der Waals surface area contributed by atoms with Gasteiger partial charge in [0.2, 0.25) is 0 Å². The number of alkyl halides is 1. The van der Waals surface area contributed by atoms with Crippen molar-refractivity contribution < 1.29 is 4.42 Å². The first-order chi connectivity index (χ1) is 7.40. The van der Waals surface area contributed by atoms with Crippen molar-refractivity contribution in [3.8, 4) is 0 Å². The van der Waals surface area contributed by atoms with Crippen LogP contribution in [0.15, 0.2) is 10.6 Å². The van der Waals surface area contributed by atoms with Crippen LogP contribution in [0.3, 0.4) is 0 Å². The number of rotatable bonds is 3. The van der Waals surface area contributed by atoms with Crippen LogP contribution in [0.25, 0.3) is 0 Å². The predicted molar refractivity (Wildman–Crippen MR) is 61.4 cm³/mol. The third kappa shape index (κ3) is 2.97. The summed E-state index contributed by atoms with van der Waals surface area (Å²) in [6.45, 7) is 0. The van der Waals surface area contributed by atoms with Gasteiger partial charge < -0.3 is 4.42 Å². The molecule has 84 valence electrons. The molecule has 1 saturated carbocycles. The maximum atomic E-state index is 5.72. The normalized spacial score (nSPS) is 19.0. The van der Waals surface area contributed by atoms with Gasteiger partial charge in [-0.25, -0.2) is 4.98 Å². The lowest BCUT2D eigenvalue weighted by Gasteiger charge is -2.09. The summed E-state index contributed by atoms with van der Waals surface area (Å²) in [6, 6.07) is 0. The van der Waals surface area contributed by atoms with Crippen LogP contribution >= 0.6 is 11.6 Å². The Labute approximate surface area is 96.0 Å². The molecule has 0 atom stereocenters. The van der Waals surface area contributed by atoms with Crippen molar-refractivity contribution in [2.75, 3.05) is 5.88 Å². The van der Waals surface area contributed by atoms with E-state index in [-0.39, 0.29) is 0 Å². The first-order valence-corrected chi connectivity index (χ1v) is 6.44. The zero-order chi connectivity index (χ0) is 10.5. The van der Waals surface area contributed by atoms with E-state index in [4.69, 9.17) is 16.0 Å². The van der Waals surface area contributed by atoms with Gasteiger partial charge in [-0.1, -0.05) is 25.7 Å². The quantitative estimate of drug-likeness (QED) is 0.578. The molecule has 3 heteroatoms. The van der Waals surface area contributed by atoms with Gasteiger partial charge >= 0.3 is 0 Å². The van der Waals surface area contributed by atoms with Crippen molar-refractivity contribution in [2.24, 2.45) is 0 Å². The van der Waals surface area contributed by atoms with Crippen molar-refractivity contribution in [1.82, 2.24) is 4.98 Å². The van der Waals surface area contributed by atoms with E-state index < -0.39 is 0 Å². The van der Waals surface area contributed by atoms with E-state index in [0.717, 1.165) is 18.1 Å². The molecule has 1 fully saturated rings. The third-order valence-corrected chi connectivity index (χ3v) is 3.33. The highest BCUT2D eigenvalue weighted by molar-refractivity contribution is 6.17. The number of halogens is 1. The molecule has 0 radical (unpaired) electrons. The van der Waals surface area contributed by atoms with Gasteiger partial charge in [-0.2, -0.15) is 0 Å². The van der Waals surface area contributed by atoms with Crippen LogP contribution in [0.4, 0.5) is 0 Å². The highest BCUT2D eigenvalue weighted by Gasteiger charge is 2.18. The lowest BCUT2D eigenvalue weighted by Crippen LogP contribution is -1.94. The van der Waals surface area contributed by atoms with Crippen LogP contribution in [-0.2, 0) is 6.42 Å². The monoisotopic (exact) mass is 227 g/mol. The standard InChI is InChI=1S/C12H18ClNO/c13-8-7-12-14-9-11(15-12)10-5-3-1-2-4-6-10/h9-10H,1-8H2. The van der Waals surface area contributed by atoms with Crippen molar-refractivity contribution in [3.05, 3.63) is 17.8 Å². The molecule has 0 bridgehead atoms. The van der Waals surface area contributed by atoms with E-state index in [1.807, 2.05) is 6.20 Å². The number of nitrogens with zero attached hydrogens (tertiary/aromatic N) is 1. The van der Waals surface area contributed by atoms with Crippen LogP contribution < -0.4 is 0 Å². The predicted octanol–water partition coefficient (Wildman–Crippen LogP) is 3.89. The number of hydrogen-bond donors (Lipinski definition) is 0. The first kappa shape index (κ1) is 11.0. The minimum Gasteiger partial charge on any atom is -0.445 e. The van der Waals surface area contributed by atoms with Crippen molar-refractivity contribution in [3.63, 3.8) is 0 Å². The number of oxazole rings is 1. The van der Waals surface area contributed by atoms with Crippen molar-refractivity contribution in [2.45, 2.75) is 50.9 Å². The van der Waals surface area contributed by atoms with Crippen molar-refractivity contribution >= 4 is 11.6 Å². The Morgan fingerprint density at radius 2 is 2.00 bits per heavy atom. The van der Waals surface area contributed by atoms with Gasteiger partial charge in [0.15, 0.2) is 5.89 Å². The Hall–Kier alpha value is -0.500. The van der Waals surface area contributed by atoms with E-state index in [1.54, 1.807) is 0 Å². The van der Waals surface area contributed by atoms with E-state index in [0.29, 0.717) is 11.8 Å². The minimum atomic E-state index is 0.588. The topological polar surface area (TPSA) is 26.0 Å². The Balaban J connectivity index is 2.00. The van der Waals surface area contributed by atoms with Crippen LogP contribution in [0.2, 0.25) is 0 Å². The lowest BCUT2D eigenvalue weighted by atomic mass is 9.98. The molecule has 0 aliphatic heterocycles. The van der Waals surface area contributed by atoms with E-state index in [1.165, 1.54) is 38.5 Å². The lowest BCUT2D eigenvalue weighted by molar-refractivity contribution is 0.407. The number of aromatic nitrogens is 1. The Morgan fingerprint density at radius 3 is 2.67 bits per heavy atom. The Kier molecular flexibility index (Phi) is 4.07. The molecule has 0 spiro atoms. The molecular weight excluding hydrogens is 210 g/mol. The summed E-state index contributed by atoms with van der Waals surface area (Å²) in [6.07, 6.45) is 10.6. The molecule has 2 rings (SSSR count). The summed E-state index contributed by atoms with van der Waals surface area (Å²) < 4.78 is 5.72. The maximum absolute atomic E-state index is 5.72. The van der Waals surface area contributed by atoms with Gasteiger partial charge in [-0.15, -0.1) is 11.6 Å². The van der Waals surface area contributed by atoms with Gasteiger partial charge in [0, 0.05) is 18.2 Å². The molecule has 1 aliphatic rings. The summed E-state index contributed by atoms with van der Waals surface area (Å²) in [5, 5.41) is 0. The molecule has 0 aromatic carbocycles. The average Bonchev–Trinajstić information content (AvgIpc) is 2.53. The summed E-state index contributed by atoms with van der Waals surface area (Å²) in [5.41, 5.74) is 0. The summed E-state index contributed by atoms with van der Waals surface area (Å²) in [7, 11) is 0. The summed E-state index contributed by atoms with van der Waals surface area (Å²) in [5.74, 6) is 3.07. The van der Waals surface area contributed by atoms with E-state index >= 15 is 0 Å². The zero-order valence-corrected chi connectivity index (χ0v) is 9.80. The van der Waals surface area contributed by atoms with Crippen LogP contribution in [-0.4, -0.2) is 10.9 Å². The molecular formula is C12H18ClNO. The summed E-state index contributed by atoms with van der Waals surface area (Å²) >= 11 is 5.66. The van der Waals surface area contributed by atoms with E-state index in [9.17, 15) is 0 Å². The van der Waals surface area contributed by atoms with Gasteiger partial charge in [0.1, 0.15) is 5.76 Å². The summed E-state index contributed by atoms with van der Waals surface area (Å²) in [4.78, 5) is 4.26. The molecule has 1 aromatic heterocycles. The van der Waals surface area contributed by atoms with Crippen molar-refractivity contribution in [1.29, 1.82) is 0 Å². The van der Waals surface area contributed by atoms with Gasteiger partial charge in [-0.3, -0.25) is 0 Å². The number of aryl methyl sites for hydroxylation is 1. The molecule has 2 nitrogen and oxygen atoms in total. The average molecular weight is 228 g/mol. The van der Waals surface area contributed by atoms with E-state index in [2.05, 4.69) is 4.98 Å². The fourth-order valence-corrected chi connectivity index (χ4v) is 2.44.